The molecule has 1 heterocycles. The van der Waals surface area contributed by atoms with Gasteiger partial charge in [-0.05, 0) is 43.1 Å². The second kappa shape index (κ2) is 4.87. The topological polar surface area (TPSA) is 30.5 Å². The molecule has 3 nitrogen and oxygen atoms in total. The van der Waals surface area contributed by atoms with Crippen LogP contribution >= 0.6 is 0 Å². The highest BCUT2D eigenvalue weighted by molar-refractivity contribution is 5.18. The lowest BCUT2D eigenvalue weighted by Crippen LogP contribution is -2.29. The first-order chi connectivity index (χ1) is 8.04. The van der Waals surface area contributed by atoms with E-state index >= 15 is 0 Å². The summed E-state index contributed by atoms with van der Waals surface area (Å²) in [5, 5.41) is 3.52. The van der Waals surface area contributed by atoms with Crippen LogP contribution in [0.25, 0.3) is 0 Å². The molecule has 0 radical (unpaired) electrons. The highest BCUT2D eigenvalue weighted by Crippen LogP contribution is 2.73. The summed E-state index contributed by atoms with van der Waals surface area (Å²) in [5.41, 5.74) is 1.01. The van der Waals surface area contributed by atoms with Gasteiger partial charge in [-0.15, -0.1) is 0 Å². The van der Waals surface area contributed by atoms with Crippen LogP contribution in [0.3, 0.4) is 0 Å². The van der Waals surface area contributed by atoms with Gasteiger partial charge in [-0.3, -0.25) is 0 Å². The van der Waals surface area contributed by atoms with Gasteiger partial charge in [0.15, 0.2) is 0 Å². The Bertz CT molecular complexity index is 267. The molecule has 1 aliphatic heterocycles. The van der Waals surface area contributed by atoms with Crippen LogP contribution in [-0.2, 0) is 9.47 Å². The predicted octanol–water partition coefficient (Wildman–Crippen LogP) is 2.06. The quantitative estimate of drug-likeness (QED) is 0.747. The zero-order valence-corrected chi connectivity index (χ0v) is 11.7. The van der Waals surface area contributed by atoms with Crippen LogP contribution in [0.1, 0.15) is 33.6 Å². The summed E-state index contributed by atoms with van der Waals surface area (Å²) in [7, 11) is 1.75. The number of ether oxygens (including phenoxy) is 2. The fraction of sp³-hybridized carbons (Fsp3) is 1.00. The van der Waals surface area contributed by atoms with Gasteiger partial charge in [0.25, 0.3) is 0 Å². The van der Waals surface area contributed by atoms with E-state index in [0.717, 1.165) is 32.2 Å². The van der Waals surface area contributed by atoms with Crippen molar-refractivity contribution >= 4 is 0 Å². The van der Waals surface area contributed by atoms with Crippen molar-refractivity contribution in [1.82, 2.24) is 5.32 Å². The van der Waals surface area contributed by atoms with Crippen LogP contribution in [0.15, 0.2) is 0 Å². The maximum Gasteiger partial charge on any atom is 0.0587 e. The SMILES string of the molecule is COCCNCC1C(C)(C)C12CCOC(C)C2. The van der Waals surface area contributed by atoms with Crippen LogP contribution in [0, 0.1) is 16.7 Å². The third kappa shape index (κ3) is 2.25. The smallest absolute Gasteiger partial charge is 0.0587 e. The van der Waals surface area contributed by atoms with E-state index in [9.17, 15) is 0 Å². The summed E-state index contributed by atoms with van der Waals surface area (Å²) in [4.78, 5) is 0. The number of hydrogen-bond acceptors (Lipinski definition) is 3. The average Bonchev–Trinajstić information content (AvgIpc) is 2.69. The summed E-state index contributed by atoms with van der Waals surface area (Å²) in [6.07, 6.45) is 2.91. The van der Waals surface area contributed by atoms with Gasteiger partial charge in [0.2, 0.25) is 0 Å². The molecule has 1 spiro atoms. The Morgan fingerprint density at radius 1 is 1.41 bits per heavy atom. The minimum atomic E-state index is 0.437. The van der Waals surface area contributed by atoms with E-state index in [-0.39, 0.29) is 0 Å². The number of hydrogen-bond donors (Lipinski definition) is 1. The molecule has 2 rings (SSSR count). The molecule has 2 fully saturated rings. The first kappa shape index (κ1) is 13.3. The molecule has 1 N–H and O–H groups in total. The van der Waals surface area contributed by atoms with Gasteiger partial charge >= 0.3 is 0 Å². The van der Waals surface area contributed by atoms with Gasteiger partial charge in [-0.2, -0.15) is 0 Å². The minimum Gasteiger partial charge on any atom is -0.383 e. The standard InChI is InChI=1S/C14H27NO2/c1-11-9-14(5-7-17-11)12(13(14,2)3)10-15-6-8-16-4/h11-12,15H,5-10H2,1-4H3. The predicted molar refractivity (Wildman–Crippen MR) is 69.1 cm³/mol. The van der Waals surface area contributed by atoms with Gasteiger partial charge in [0, 0.05) is 20.3 Å². The Hall–Kier alpha value is -0.120. The molecule has 2 aliphatic rings. The van der Waals surface area contributed by atoms with Crippen molar-refractivity contribution in [1.29, 1.82) is 0 Å². The van der Waals surface area contributed by atoms with E-state index in [1.807, 2.05) is 0 Å². The monoisotopic (exact) mass is 241 g/mol. The highest BCUT2D eigenvalue weighted by atomic mass is 16.5. The number of rotatable bonds is 5. The van der Waals surface area contributed by atoms with Crippen LogP contribution in [0.4, 0.5) is 0 Å². The second-order valence-electron chi connectivity index (χ2n) is 6.26. The molecule has 0 aromatic rings. The van der Waals surface area contributed by atoms with Crippen molar-refractivity contribution in [2.45, 2.75) is 39.7 Å². The fourth-order valence-corrected chi connectivity index (χ4v) is 3.95. The summed E-state index contributed by atoms with van der Waals surface area (Å²) >= 11 is 0. The third-order valence-corrected chi connectivity index (χ3v) is 5.17. The van der Waals surface area contributed by atoms with Crippen LogP contribution in [-0.4, -0.2) is 39.5 Å². The van der Waals surface area contributed by atoms with Crippen molar-refractivity contribution in [3.63, 3.8) is 0 Å². The van der Waals surface area contributed by atoms with Crippen molar-refractivity contribution in [3.05, 3.63) is 0 Å². The minimum absolute atomic E-state index is 0.437. The molecule has 3 atom stereocenters. The Morgan fingerprint density at radius 2 is 2.18 bits per heavy atom. The van der Waals surface area contributed by atoms with Crippen LogP contribution < -0.4 is 5.32 Å². The maximum atomic E-state index is 5.70. The molecule has 100 valence electrons. The zero-order valence-electron chi connectivity index (χ0n) is 11.7. The van der Waals surface area contributed by atoms with E-state index < -0.39 is 0 Å². The molecule has 1 aliphatic carbocycles. The molecule has 3 unspecified atom stereocenters. The van der Waals surface area contributed by atoms with Crippen LogP contribution in [0.2, 0.25) is 0 Å². The summed E-state index contributed by atoms with van der Waals surface area (Å²) in [5.74, 6) is 0.804. The van der Waals surface area contributed by atoms with Crippen LogP contribution in [0.5, 0.6) is 0 Å². The molecule has 0 aromatic carbocycles. The molecule has 1 saturated carbocycles. The molecular formula is C14H27NO2. The van der Waals surface area contributed by atoms with Crippen molar-refractivity contribution in [3.8, 4) is 0 Å². The van der Waals surface area contributed by atoms with E-state index in [1.165, 1.54) is 12.8 Å². The first-order valence-corrected chi connectivity index (χ1v) is 6.86. The number of methoxy groups -OCH3 is 1. The molecule has 0 bridgehead atoms. The molecule has 1 saturated heterocycles. The maximum absolute atomic E-state index is 5.70. The molecular weight excluding hydrogens is 214 g/mol. The fourth-order valence-electron chi connectivity index (χ4n) is 3.95. The highest BCUT2D eigenvalue weighted by Gasteiger charge is 2.70. The Balaban J connectivity index is 1.86. The van der Waals surface area contributed by atoms with Crippen molar-refractivity contribution in [2.24, 2.45) is 16.7 Å². The molecule has 0 amide bonds. The van der Waals surface area contributed by atoms with Gasteiger partial charge in [0.05, 0.1) is 12.7 Å². The van der Waals surface area contributed by atoms with Crippen molar-refractivity contribution < 1.29 is 9.47 Å². The van der Waals surface area contributed by atoms with E-state index in [2.05, 4.69) is 26.1 Å². The zero-order chi connectivity index (χ0) is 12.5. The second-order valence-corrected chi connectivity index (χ2v) is 6.26. The lowest BCUT2D eigenvalue weighted by atomic mass is 9.85. The van der Waals surface area contributed by atoms with Gasteiger partial charge in [0.1, 0.15) is 0 Å². The lowest BCUT2D eigenvalue weighted by molar-refractivity contribution is -0.0176. The van der Waals surface area contributed by atoms with E-state index in [4.69, 9.17) is 9.47 Å². The van der Waals surface area contributed by atoms with Gasteiger partial charge in [-0.25, -0.2) is 0 Å². The lowest BCUT2D eigenvalue weighted by Gasteiger charge is -2.30. The summed E-state index contributed by atoms with van der Waals surface area (Å²) in [6, 6.07) is 0. The Labute approximate surface area is 105 Å². The number of nitrogens with one attached hydrogen (secondary N) is 1. The molecule has 0 aromatic heterocycles. The van der Waals surface area contributed by atoms with Gasteiger partial charge in [-0.1, -0.05) is 13.8 Å². The normalized spacial score (nSPS) is 39.5. The third-order valence-electron chi connectivity index (χ3n) is 5.17. The molecule has 3 heteroatoms. The van der Waals surface area contributed by atoms with Gasteiger partial charge < -0.3 is 14.8 Å². The van der Waals surface area contributed by atoms with E-state index in [1.54, 1.807) is 7.11 Å². The Morgan fingerprint density at radius 3 is 2.82 bits per heavy atom. The molecule has 17 heavy (non-hydrogen) atoms. The summed E-state index contributed by atoms with van der Waals surface area (Å²) < 4.78 is 10.8. The summed E-state index contributed by atoms with van der Waals surface area (Å²) in [6.45, 7) is 10.9. The Kier molecular flexibility index (Phi) is 3.81. The van der Waals surface area contributed by atoms with Crippen molar-refractivity contribution in [2.75, 3.05) is 33.4 Å². The first-order valence-electron chi connectivity index (χ1n) is 6.86. The average molecular weight is 241 g/mol. The largest absolute Gasteiger partial charge is 0.383 e. The van der Waals surface area contributed by atoms with E-state index in [0.29, 0.717) is 16.9 Å².